The summed E-state index contributed by atoms with van der Waals surface area (Å²) in [5.41, 5.74) is 0. The number of hydrogen-bond acceptors (Lipinski definition) is 4. The van der Waals surface area contributed by atoms with Gasteiger partial charge in [0.1, 0.15) is 0 Å². The van der Waals surface area contributed by atoms with Crippen LogP contribution >= 0.6 is 0 Å². The van der Waals surface area contributed by atoms with E-state index in [0.29, 0.717) is 0 Å². The highest BCUT2D eigenvalue weighted by molar-refractivity contribution is 6.81. The minimum absolute atomic E-state index is 0.970. The number of hydrogen-bond donors (Lipinski definition) is 0. The molecule has 2 unspecified atom stereocenters. The summed E-state index contributed by atoms with van der Waals surface area (Å²) in [6, 6.07) is 2.01. The summed E-state index contributed by atoms with van der Waals surface area (Å²) in [5, 5.41) is 0. The first-order chi connectivity index (χ1) is 7.49. The topological polar surface area (TPSA) is 36.9 Å². The van der Waals surface area contributed by atoms with E-state index in [9.17, 15) is 0 Å². The average molecular weight is 296 g/mol. The number of rotatable bonds is 3. The molecule has 95 valence electrons. The minimum atomic E-state index is -2.00. The predicted molar refractivity (Wildman–Crippen MR) is 73.3 cm³/mol. The second kappa shape index (κ2) is 6.59. The van der Waals surface area contributed by atoms with Gasteiger partial charge in [-0.3, -0.25) is 0 Å². The van der Waals surface area contributed by atoms with Crippen LogP contribution < -0.4 is 0 Å². The van der Waals surface area contributed by atoms with Crippen molar-refractivity contribution in [1.82, 2.24) is 0 Å². The Morgan fingerprint density at radius 2 is 1.56 bits per heavy atom. The van der Waals surface area contributed by atoms with E-state index < -0.39 is 36.4 Å². The van der Waals surface area contributed by atoms with Crippen molar-refractivity contribution in [1.29, 1.82) is 0 Å². The molecular weight excluding hydrogens is 272 g/mol. The highest BCUT2D eigenvalue weighted by Crippen LogP contribution is 2.21. The molecule has 4 nitrogen and oxygen atoms in total. The van der Waals surface area contributed by atoms with Gasteiger partial charge in [0.05, 0.1) is 0 Å². The van der Waals surface area contributed by atoms with Crippen LogP contribution in [0.4, 0.5) is 0 Å². The van der Waals surface area contributed by atoms with Crippen LogP contribution in [0.3, 0.4) is 0 Å². The van der Waals surface area contributed by atoms with E-state index in [1.807, 2.05) is 0 Å². The Balaban J connectivity index is 2.66. The van der Waals surface area contributed by atoms with Crippen LogP contribution in [0.5, 0.6) is 0 Å². The molecule has 1 aliphatic heterocycles. The standard InChI is InChI=1S/C8H23O4Si4/c1-6-8-16(5)11-13(3)9-15(7-2)10-14(4)12-16/h13-14H,6-8H2,1-5H3. The molecule has 1 aliphatic rings. The Labute approximate surface area is 105 Å². The van der Waals surface area contributed by atoms with Crippen molar-refractivity contribution in [3.8, 4) is 0 Å². The van der Waals surface area contributed by atoms with Gasteiger partial charge in [0.25, 0.3) is 18.6 Å². The molecule has 1 radical (unpaired) electrons. The van der Waals surface area contributed by atoms with E-state index in [1.165, 1.54) is 0 Å². The monoisotopic (exact) mass is 295 g/mol. The molecule has 0 N–H and O–H groups in total. The maximum atomic E-state index is 6.14. The molecule has 16 heavy (non-hydrogen) atoms. The Morgan fingerprint density at radius 3 is 1.94 bits per heavy atom. The third-order valence-electron chi connectivity index (χ3n) is 2.42. The van der Waals surface area contributed by atoms with Crippen LogP contribution in [0.25, 0.3) is 0 Å². The van der Waals surface area contributed by atoms with Crippen molar-refractivity contribution in [2.45, 2.75) is 52.0 Å². The zero-order valence-electron chi connectivity index (χ0n) is 10.9. The van der Waals surface area contributed by atoms with Crippen molar-refractivity contribution in [2.75, 3.05) is 0 Å². The molecule has 0 aromatic carbocycles. The zero-order valence-corrected chi connectivity index (χ0v) is 15.2. The van der Waals surface area contributed by atoms with Gasteiger partial charge in [0.15, 0.2) is 0 Å². The fourth-order valence-corrected chi connectivity index (χ4v) is 16.4. The lowest BCUT2D eigenvalue weighted by Gasteiger charge is -2.37. The Bertz CT molecular complexity index is 204. The van der Waals surface area contributed by atoms with Crippen molar-refractivity contribution in [2.24, 2.45) is 0 Å². The third kappa shape index (κ3) is 4.53. The fraction of sp³-hybridized carbons (Fsp3) is 1.00. The Hall–Kier alpha value is 0.708. The summed E-state index contributed by atoms with van der Waals surface area (Å²) < 4.78 is 24.1. The third-order valence-corrected chi connectivity index (χ3v) is 15.8. The fourth-order valence-electron chi connectivity index (χ4n) is 1.91. The van der Waals surface area contributed by atoms with Gasteiger partial charge >= 0.3 is 17.8 Å². The molecule has 0 aromatic rings. The van der Waals surface area contributed by atoms with Gasteiger partial charge in [0.2, 0.25) is 0 Å². The lowest BCUT2D eigenvalue weighted by molar-refractivity contribution is 0.271. The van der Waals surface area contributed by atoms with Gasteiger partial charge in [-0.15, -0.1) is 0 Å². The SMILES string of the molecule is CCC[Si]1(C)O[SiH](C)O[Si](CC)O[SiH](C)O1. The van der Waals surface area contributed by atoms with Crippen LogP contribution in [0.2, 0.25) is 31.7 Å². The molecule has 1 heterocycles. The first kappa shape index (κ1) is 14.8. The van der Waals surface area contributed by atoms with Gasteiger partial charge in [-0.25, -0.2) is 0 Å². The molecule has 1 saturated heterocycles. The van der Waals surface area contributed by atoms with E-state index in [-0.39, 0.29) is 0 Å². The van der Waals surface area contributed by atoms with E-state index in [2.05, 4.69) is 33.5 Å². The Kier molecular flexibility index (Phi) is 6.08. The van der Waals surface area contributed by atoms with Crippen LogP contribution in [-0.4, -0.2) is 36.4 Å². The highest BCUT2D eigenvalue weighted by atomic mass is 28.5. The molecule has 1 fully saturated rings. The molecular formula is C8H23O4Si4. The van der Waals surface area contributed by atoms with Gasteiger partial charge in [-0.1, -0.05) is 20.3 Å². The predicted octanol–water partition coefficient (Wildman–Crippen LogP) is 1.76. The molecule has 0 amide bonds. The maximum Gasteiger partial charge on any atom is 0.365 e. The molecule has 8 heteroatoms. The van der Waals surface area contributed by atoms with Crippen molar-refractivity contribution in [3.05, 3.63) is 0 Å². The summed E-state index contributed by atoms with van der Waals surface area (Å²) in [6.07, 6.45) is 1.11. The van der Waals surface area contributed by atoms with Crippen LogP contribution in [-0.2, 0) is 16.5 Å². The molecule has 0 aromatic heterocycles. The van der Waals surface area contributed by atoms with E-state index in [1.54, 1.807) is 0 Å². The molecule has 0 bridgehead atoms. The lowest BCUT2D eigenvalue weighted by Crippen LogP contribution is -2.53. The molecule has 1 rings (SSSR count). The van der Waals surface area contributed by atoms with Crippen LogP contribution in [0.1, 0.15) is 20.3 Å². The smallest absolute Gasteiger partial charge is 0.365 e. The summed E-state index contributed by atoms with van der Waals surface area (Å²) in [5.74, 6) is 0. The second-order valence-electron chi connectivity index (χ2n) is 4.22. The minimum Gasteiger partial charge on any atom is -0.418 e. The molecule has 2 atom stereocenters. The van der Waals surface area contributed by atoms with Crippen LogP contribution in [0.15, 0.2) is 0 Å². The van der Waals surface area contributed by atoms with E-state index in [0.717, 1.165) is 18.5 Å². The summed E-state index contributed by atoms with van der Waals surface area (Å²) >= 11 is 0. The highest BCUT2D eigenvalue weighted by Gasteiger charge is 2.39. The summed E-state index contributed by atoms with van der Waals surface area (Å²) in [4.78, 5) is 0. The van der Waals surface area contributed by atoms with Crippen LogP contribution in [0, 0.1) is 0 Å². The van der Waals surface area contributed by atoms with Crippen molar-refractivity contribution < 1.29 is 16.5 Å². The lowest BCUT2D eigenvalue weighted by atomic mass is 10.6. The van der Waals surface area contributed by atoms with E-state index >= 15 is 0 Å². The molecule has 0 aliphatic carbocycles. The average Bonchev–Trinajstić information content (AvgIpc) is 2.13. The van der Waals surface area contributed by atoms with E-state index in [4.69, 9.17) is 16.5 Å². The first-order valence-electron chi connectivity index (χ1n) is 6.04. The van der Waals surface area contributed by atoms with Gasteiger partial charge in [-0.05, 0) is 31.7 Å². The summed E-state index contributed by atoms with van der Waals surface area (Å²) in [7, 11) is -6.21. The van der Waals surface area contributed by atoms with Crippen molar-refractivity contribution in [3.63, 3.8) is 0 Å². The maximum absolute atomic E-state index is 6.14. The zero-order chi connectivity index (χ0) is 12.2. The normalized spacial score (nSPS) is 38.1. The molecule has 0 spiro atoms. The first-order valence-corrected chi connectivity index (χ1v) is 14.3. The van der Waals surface area contributed by atoms with Gasteiger partial charge < -0.3 is 16.5 Å². The van der Waals surface area contributed by atoms with Crippen molar-refractivity contribution >= 4 is 36.4 Å². The summed E-state index contributed by atoms with van der Waals surface area (Å²) in [6.45, 7) is 10.6. The second-order valence-corrected chi connectivity index (χ2v) is 14.5. The largest absolute Gasteiger partial charge is 0.418 e. The molecule has 0 saturated carbocycles. The van der Waals surface area contributed by atoms with Gasteiger partial charge in [0, 0.05) is 0 Å². The van der Waals surface area contributed by atoms with Gasteiger partial charge in [-0.2, -0.15) is 0 Å². The Morgan fingerprint density at radius 1 is 1.06 bits per heavy atom. The quantitative estimate of drug-likeness (QED) is 0.744.